The number of benzene rings is 1. The molecule has 67 heavy (non-hydrogen) atoms. The fourth-order valence-electron chi connectivity index (χ4n) is 7.28. The van der Waals surface area contributed by atoms with Crippen molar-refractivity contribution in [2.24, 2.45) is 17.8 Å². The summed E-state index contributed by atoms with van der Waals surface area (Å²) in [7, 11) is 6.17. The molecule has 1 unspecified atom stereocenters. The smallest absolute Gasteiger partial charge is 0.409 e. The van der Waals surface area contributed by atoms with E-state index in [4.69, 9.17) is 14.2 Å². The zero-order valence-corrected chi connectivity index (χ0v) is 42.1. The van der Waals surface area contributed by atoms with E-state index in [0.29, 0.717) is 25.1 Å². The minimum atomic E-state index is -1.31. The molecule has 374 valence electrons. The lowest BCUT2D eigenvalue weighted by atomic mass is 9.90. The summed E-state index contributed by atoms with van der Waals surface area (Å²) >= 11 is 0. The van der Waals surface area contributed by atoms with Gasteiger partial charge in [-0.1, -0.05) is 83.5 Å². The summed E-state index contributed by atoms with van der Waals surface area (Å²) < 4.78 is 17.9. The third-order valence-corrected chi connectivity index (χ3v) is 12.1. The first-order valence-electron chi connectivity index (χ1n) is 23.2. The second-order valence-corrected chi connectivity index (χ2v) is 18.1. The molecule has 0 fully saturated rings. The maximum absolute atomic E-state index is 14.2. The molecule has 6 amide bonds. The third kappa shape index (κ3) is 17.8. The van der Waals surface area contributed by atoms with E-state index in [1.165, 1.54) is 50.7 Å². The molecule has 2 rings (SSSR count). The van der Waals surface area contributed by atoms with Gasteiger partial charge in [-0.05, 0) is 71.1 Å². The minimum Gasteiger partial charge on any atom is -0.456 e. The van der Waals surface area contributed by atoms with Crippen molar-refractivity contribution in [1.29, 1.82) is 0 Å². The van der Waals surface area contributed by atoms with Gasteiger partial charge in [-0.15, -0.1) is 0 Å². The predicted molar refractivity (Wildman–Crippen MR) is 254 cm³/mol. The summed E-state index contributed by atoms with van der Waals surface area (Å²) in [6, 6.07) is 4.38. The highest BCUT2D eigenvalue weighted by atomic mass is 16.6. The molecule has 0 saturated heterocycles. The molecule has 0 spiro atoms. The summed E-state index contributed by atoms with van der Waals surface area (Å²) in [5, 5.41) is 11.1. The zero-order valence-electron chi connectivity index (χ0n) is 42.1. The Bertz CT molecular complexity index is 1920. The number of ether oxygens (including phenoxy) is 3. The van der Waals surface area contributed by atoms with Crippen molar-refractivity contribution in [1.82, 2.24) is 36.0 Å². The van der Waals surface area contributed by atoms with E-state index in [9.17, 15) is 38.4 Å². The van der Waals surface area contributed by atoms with E-state index in [-0.39, 0.29) is 30.8 Å². The molecule has 1 aliphatic heterocycles. The van der Waals surface area contributed by atoms with E-state index < -0.39 is 108 Å². The van der Waals surface area contributed by atoms with E-state index >= 15 is 0 Å². The van der Waals surface area contributed by atoms with Crippen LogP contribution < -0.4 is 21.3 Å². The van der Waals surface area contributed by atoms with Gasteiger partial charge in [0.15, 0.2) is 6.10 Å². The van der Waals surface area contributed by atoms with Crippen LogP contribution in [0.1, 0.15) is 94.1 Å². The Kier molecular flexibility index (Phi) is 23.8. The van der Waals surface area contributed by atoms with E-state index in [2.05, 4.69) is 21.3 Å². The standard InChI is InChI=1S/C49H77N7O11/c1-15-30(5)41-44(59)52-35(10)48(63)67-42(31(6)16-2)33(8)38(66-49(64)54(12)25-24-50-11)23-22-32(7)47(62)65-39(26-29(3)4)43(58)51-34(9)45(60)56(14)37(27-36-20-18-17-19-21-36)46(61)55(13)28-40(57)53-41/h16-22,29-30,33-35,37-39,41-42,50H,15,23-28H2,1-14H3,(H,51,58)(H,52,59)(H,53,57)/b31-16+,32-22+/t30?,33-,34-,35+,37+,38-,39+,41-,42+/m0/s1. The van der Waals surface area contributed by atoms with Crippen LogP contribution in [0.15, 0.2) is 53.6 Å². The van der Waals surface area contributed by atoms with Crippen LogP contribution in [0.5, 0.6) is 0 Å². The Balaban J connectivity index is 2.74. The molecule has 0 bridgehead atoms. The number of amides is 6. The summed E-state index contributed by atoms with van der Waals surface area (Å²) in [4.78, 5) is 114. The average Bonchev–Trinajstić information content (AvgIpc) is 3.29. The van der Waals surface area contributed by atoms with Crippen LogP contribution in [-0.2, 0) is 54.2 Å². The van der Waals surface area contributed by atoms with E-state index in [0.717, 1.165) is 10.5 Å². The van der Waals surface area contributed by atoms with Gasteiger partial charge in [0, 0.05) is 58.6 Å². The Morgan fingerprint density at radius 3 is 2.15 bits per heavy atom. The highest BCUT2D eigenvalue weighted by molar-refractivity contribution is 5.96. The lowest BCUT2D eigenvalue weighted by Gasteiger charge is -2.33. The maximum atomic E-state index is 14.2. The Labute approximate surface area is 397 Å². The van der Waals surface area contributed by atoms with Gasteiger partial charge < -0.3 is 50.2 Å². The number of carbonyl (C=O) groups excluding carboxylic acids is 8. The lowest BCUT2D eigenvalue weighted by molar-refractivity contribution is -0.155. The van der Waals surface area contributed by atoms with Gasteiger partial charge in [-0.25, -0.2) is 14.4 Å². The van der Waals surface area contributed by atoms with Gasteiger partial charge in [0.25, 0.3) is 5.91 Å². The van der Waals surface area contributed by atoms with Crippen LogP contribution in [0.3, 0.4) is 0 Å². The zero-order chi connectivity index (χ0) is 50.7. The third-order valence-electron chi connectivity index (χ3n) is 12.1. The minimum absolute atomic E-state index is 0.0295. The SMILES string of the molecule is C/C=C(\C)[C@H]1OC(=O)[C@@H](C)NC(=O)[C@H](C(C)CC)NC(=O)CN(C)C(=O)[C@@H](Cc2ccccc2)N(C)C(=O)[C@H](C)NC(=O)[C@@H](CC(C)C)OC(=O)/C(C)=C/C[C@H](OC(=O)N(C)CCNC)[C@@H]1C. The Morgan fingerprint density at radius 2 is 1.57 bits per heavy atom. The Hall–Kier alpha value is -5.78. The van der Waals surface area contributed by atoms with Crippen molar-refractivity contribution < 1.29 is 52.6 Å². The van der Waals surface area contributed by atoms with Crippen LogP contribution in [0.25, 0.3) is 0 Å². The molecule has 18 nitrogen and oxygen atoms in total. The molecule has 1 aliphatic rings. The molecule has 18 heteroatoms. The van der Waals surface area contributed by atoms with Crippen LogP contribution >= 0.6 is 0 Å². The second-order valence-electron chi connectivity index (χ2n) is 18.1. The van der Waals surface area contributed by atoms with Crippen molar-refractivity contribution in [3.05, 3.63) is 59.2 Å². The lowest BCUT2D eigenvalue weighted by Crippen LogP contribution is -2.57. The van der Waals surface area contributed by atoms with Crippen molar-refractivity contribution in [2.45, 2.75) is 137 Å². The number of likely N-dealkylation sites (N-methyl/N-ethyl adjacent to an activating group) is 4. The molecule has 0 aromatic heterocycles. The summed E-state index contributed by atoms with van der Waals surface area (Å²) in [5.74, 6) is -6.09. The molecule has 4 N–H and O–H groups in total. The average molecular weight is 940 g/mol. The summed E-state index contributed by atoms with van der Waals surface area (Å²) in [6.07, 6.45) is -0.00199. The van der Waals surface area contributed by atoms with Gasteiger partial charge in [0.2, 0.25) is 23.6 Å². The highest BCUT2D eigenvalue weighted by Crippen LogP contribution is 2.26. The fraction of sp³-hybridized carbons (Fsp3) is 0.633. The van der Waals surface area contributed by atoms with Crippen LogP contribution in [0.2, 0.25) is 0 Å². The van der Waals surface area contributed by atoms with Crippen LogP contribution in [0.4, 0.5) is 4.79 Å². The molecule has 0 aliphatic carbocycles. The topological polar surface area (TPSA) is 222 Å². The molecule has 0 radical (unpaired) electrons. The highest BCUT2D eigenvalue weighted by Gasteiger charge is 2.38. The number of rotatable bonds is 11. The van der Waals surface area contributed by atoms with Crippen molar-refractivity contribution in [3.8, 4) is 0 Å². The number of cyclic esters (lactones) is 2. The fourth-order valence-corrected chi connectivity index (χ4v) is 7.28. The summed E-state index contributed by atoms with van der Waals surface area (Å²) in [6.45, 7) is 17.3. The van der Waals surface area contributed by atoms with Crippen LogP contribution in [0, 0.1) is 17.8 Å². The first kappa shape index (κ1) is 57.3. The molecule has 9 atom stereocenters. The summed E-state index contributed by atoms with van der Waals surface area (Å²) in [5.41, 5.74) is 1.45. The molecular formula is C49H77N7O11. The number of hydrogen-bond acceptors (Lipinski definition) is 12. The predicted octanol–water partition coefficient (Wildman–Crippen LogP) is 3.53. The largest absolute Gasteiger partial charge is 0.456 e. The first-order valence-corrected chi connectivity index (χ1v) is 23.2. The molecule has 1 aromatic carbocycles. The second kappa shape index (κ2) is 27.8. The van der Waals surface area contributed by atoms with Gasteiger partial charge >= 0.3 is 18.0 Å². The van der Waals surface area contributed by atoms with E-state index in [1.54, 1.807) is 72.1 Å². The maximum Gasteiger partial charge on any atom is 0.409 e. The monoisotopic (exact) mass is 940 g/mol. The number of allylic oxidation sites excluding steroid dienone is 1. The number of carbonyl (C=O) groups is 8. The number of esters is 2. The number of nitrogens with one attached hydrogen (secondary N) is 4. The van der Waals surface area contributed by atoms with Gasteiger partial charge in [0.05, 0.1) is 6.54 Å². The molecule has 0 saturated carbocycles. The van der Waals surface area contributed by atoms with Gasteiger partial charge in [-0.2, -0.15) is 0 Å². The van der Waals surface area contributed by atoms with Crippen molar-refractivity contribution in [3.63, 3.8) is 0 Å². The molecular weight excluding hydrogens is 863 g/mol. The van der Waals surface area contributed by atoms with Gasteiger partial charge in [-0.3, -0.25) is 24.0 Å². The number of hydrogen-bond donors (Lipinski definition) is 4. The van der Waals surface area contributed by atoms with E-state index in [1.807, 2.05) is 26.8 Å². The van der Waals surface area contributed by atoms with Gasteiger partial charge in [0.1, 0.15) is 36.4 Å². The quantitative estimate of drug-likeness (QED) is 0.142. The van der Waals surface area contributed by atoms with Crippen molar-refractivity contribution in [2.75, 3.05) is 47.8 Å². The number of nitrogens with zero attached hydrogens (tertiary/aromatic N) is 3. The normalized spacial score (nSPS) is 26.6. The van der Waals surface area contributed by atoms with Crippen molar-refractivity contribution >= 4 is 47.6 Å². The first-order chi connectivity index (χ1) is 31.5. The Morgan fingerprint density at radius 1 is 0.940 bits per heavy atom. The molecule has 1 aromatic rings. The molecule has 1 heterocycles. The van der Waals surface area contributed by atoms with Crippen LogP contribution in [-0.4, -0.2) is 153 Å².